The van der Waals surface area contributed by atoms with Crippen LogP contribution in [0.5, 0.6) is 0 Å². The molecule has 2 heterocycles. The van der Waals surface area contributed by atoms with E-state index in [0.717, 1.165) is 23.1 Å². The minimum Gasteiger partial charge on any atom is -0.321 e. The zero-order valence-electron chi connectivity index (χ0n) is 15.6. The van der Waals surface area contributed by atoms with E-state index in [4.69, 9.17) is 12.2 Å². The molecule has 0 bridgehead atoms. The quantitative estimate of drug-likeness (QED) is 0.442. The number of H-pyrrole nitrogens is 1. The molecule has 29 heavy (non-hydrogen) atoms. The van der Waals surface area contributed by atoms with Crippen LogP contribution >= 0.6 is 12.2 Å². The van der Waals surface area contributed by atoms with Gasteiger partial charge in [0.15, 0.2) is 10.6 Å². The summed E-state index contributed by atoms with van der Waals surface area (Å²) >= 11 is 5.17. The van der Waals surface area contributed by atoms with Gasteiger partial charge in [-0.3, -0.25) is 14.9 Å². The van der Waals surface area contributed by atoms with Crippen molar-refractivity contribution in [2.24, 2.45) is 7.05 Å². The maximum atomic E-state index is 13.1. The van der Waals surface area contributed by atoms with Gasteiger partial charge >= 0.3 is 0 Å². The number of fused-ring (bicyclic) bond motifs is 3. The van der Waals surface area contributed by atoms with E-state index in [1.807, 2.05) is 37.4 Å². The lowest BCUT2D eigenvalue weighted by molar-refractivity contribution is 0.102. The molecule has 1 aliphatic carbocycles. The Labute approximate surface area is 172 Å². The topological polar surface area (TPSA) is 75.6 Å². The zero-order chi connectivity index (χ0) is 20.0. The molecule has 2 aromatic heterocycles. The summed E-state index contributed by atoms with van der Waals surface area (Å²) in [7, 11) is 1.83. The molecular weight excluding hydrogens is 382 g/mol. The number of carbonyl (C=O) groups excluding carboxylic acids is 1. The van der Waals surface area contributed by atoms with Gasteiger partial charge in [-0.1, -0.05) is 36.4 Å². The lowest BCUT2D eigenvalue weighted by atomic mass is 10.0. The van der Waals surface area contributed by atoms with Gasteiger partial charge in [0.25, 0.3) is 5.91 Å². The lowest BCUT2D eigenvalue weighted by Gasteiger charge is -2.10. The van der Waals surface area contributed by atoms with Crippen molar-refractivity contribution in [3.8, 4) is 22.5 Å². The predicted molar refractivity (Wildman–Crippen MR) is 114 cm³/mol. The molecule has 2 aromatic carbocycles. The van der Waals surface area contributed by atoms with Crippen LogP contribution in [0.1, 0.15) is 21.5 Å². The summed E-state index contributed by atoms with van der Waals surface area (Å²) in [5.74, 6) is 0.513. The second-order valence-electron chi connectivity index (χ2n) is 6.99. The molecule has 1 aliphatic rings. The Hall–Kier alpha value is -3.58. The van der Waals surface area contributed by atoms with Crippen LogP contribution in [0.2, 0.25) is 0 Å². The molecule has 142 valence electrons. The molecule has 0 saturated carbocycles. The average Bonchev–Trinajstić information content (AvgIpc) is 3.28. The molecule has 2 N–H and O–H groups in total. The van der Waals surface area contributed by atoms with Gasteiger partial charge in [-0.15, -0.1) is 0 Å². The lowest BCUT2D eigenvalue weighted by Crippen LogP contribution is -2.14. The number of hydrogen-bond acceptors (Lipinski definition) is 4. The smallest absolute Gasteiger partial charge is 0.256 e. The standard InChI is InChI=1S/C22H17N5OS/c1-27-20(25-26-22(27)29)14-9-15(12-23-11-14)24-21(28)18-8-4-7-17-16-6-3-2-5-13(16)10-19(17)18/h2-9,11-12H,10H2,1H3,(H,24,28)(H,26,29). The van der Waals surface area contributed by atoms with E-state index in [0.29, 0.717) is 21.8 Å². The van der Waals surface area contributed by atoms with Crippen LogP contribution in [0.4, 0.5) is 5.69 Å². The van der Waals surface area contributed by atoms with Crippen molar-refractivity contribution in [1.82, 2.24) is 19.7 Å². The number of aromatic nitrogens is 4. The first-order chi connectivity index (χ1) is 14.1. The summed E-state index contributed by atoms with van der Waals surface area (Å²) in [6.45, 7) is 0. The Bertz CT molecular complexity index is 1320. The third-order valence-electron chi connectivity index (χ3n) is 5.23. The molecular formula is C22H17N5OS. The molecule has 0 spiro atoms. The summed E-state index contributed by atoms with van der Waals surface area (Å²) in [5.41, 5.74) is 6.69. The van der Waals surface area contributed by atoms with Gasteiger partial charge in [0, 0.05) is 24.4 Å². The highest BCUT2D eigenvalue weighted by Gasteiger charge is 2.23. The van der Waals surface area contributed by atoms with Gasteiger partial charge in [-0.2, -0.15) is 5.10 Å². The normalized spacial score (nSPS) is 11.8. The number of aromatic amines is 1. The maximum absolute atomic E-state index is 13.1. The highest BCUT2D eigenvalue weighted by atomic mass is 32.1. The fourth-order valence-electron chi connectivity index (χ4n) is 3.80. The second kappa shape index (κ2) is 6.79. The van der Waals surface area contributed by atoms with Crippen LogP contribution in [0, 0.1) is 4.77 Å². The van der Waals surface area contributed by atoms with E-state index in [2.05, 4.69) is 38.7 Å². The SMILES string of the molecule is Cn1c(-c2cncc(NC(=O)c3cccc4c3Cc3ccccc3-4)c2)n[nH]c1=S. The van der Waals surface area contributed by atoms with Crippen molar-refractivity contribution >= 4 is 23.8 Å². The molecule has 0 radical (unpaired) electrons. The van der Waals surface area contributed by atoms with E-state index in [1.165, 1.54) is 11.1 Å². The predicted octanol–water partition coefficient (Wildman–Crippen LogP) is 4.36. The Morgan fingerprint density at radius 3 is 2.79 bits per heavy atom. The molecule has 0 aliphatic heterocycles. The van der Waals surface area contributed by atoms with E-state index in [-0.39, 0.29) is 5.91 Å². The number of benzene rings is 2. The molecule has 7 heteroatoms. The Balaban J connectivity index is 1.46. The highest BCUT2D eigenvalue weighted by Crippen LogP contribution is 2.38. The van der Waals surface area contributed by atoms with Gasteiger partial charge in [-0.25, -0.2) is 0 Å². The molecule has 4 aromatic rings. The third-order valence-corrected chi connectivity index (χ3v) is 5.59. The van der Waals surface area contributed by atoms with E-state index in [1.54, 1.807) is 17.0 Å². The van der Waals surface area contributed by atoms with E-state index >= 15 is 0 Å². The number of rotatable bonds is 3. The largest absolute Gasteiger partial charge is 0.321 e. The molecule has 0 unspecified atom stereocenters. The van der Waals surface area contributed by atoms with Crippen molar-refractivity contribution in [2.45, 2.75) is 6.42 Å². The van der Waals surface area contributed by atoms with Crippen molar-refractivity contribution in [3.63, 3.8) is 0 Å². The van der Waals surface area contributed by atoms with E-state index in [9.17, 15) is 4.79 Å². The number of nitrogens with one attached hydrogen (secondary N) is 2. The zero-order valence-corrected chi connectivity index (χ0v) is 16.5. The minimum absolute atomic E-state index is 0.149. The summed E-state index contributed by atoms with van der Waals surface area (Å²) in [6.07, 6.45) is 4.08. The van der Waals surface area contributed by atoms with Crippen LogP contribution in [0.3, 0.4) is 0 Å². The number of pyridine rings is 1. The fourth-order valence-corrected chi connectivity index (χ4v) is 3.94. The van der Waals surface area contributed by atoms with Gasteiger partial charge < -0.3 is 9.88 Å². The number of nitrogens with zero attached hydrogens (tertiary/aromatic N) is 3. The Morgan fingerprint density at radius 1 is 1.14 bits per heavy atom. The Morgan fingerprint density at radius 2 is 1.97 bits per heavy atom. The minimum atomic E-state index is -0.149. The van der Waals surface area contributed by atoms with Crippen molar-refractivity contribution in [1.29, 1.82) is 0 Å². The molecule has 6 nitrogen and oxygen atoms in total. The van der Waals surface area contributed by atoms with Gasteiger partial charge in [-0.05, 0) is 53.0 Å². The third kappa shape index (κ3) is 2.96. The summed E-state index contributed by atoms with van der Waals surface area (Å²) in [4.78, 5) is 17.3. The summed E-state index contributed by atoms with van der Waals surface area (Å²) in [6, 6.07) is 16.0. The Kier molecular flexibility index (Phi) is 4.10. The number of carbonyl (C=O) groups is 1. The van der Waals surface area contributed by atoms with Crippen LogP contribution in [0.15, 0.2) is 60.9 Å². The average molecular weight is 399 g/mol. The van der Waals surface area contributed by atoms with Gasteiger partial charge in [0.2, 0.25) is 0 Å². The molecule has 1 amide bonds. The van der Waals surface area contributed by atoms with Crippen LogP contribution in [-0.4, -0.2) is 25.7 Å². The second-order valence-corrected chi connectivity index (χ2v) is 7.38. The van der Waals surface area contributed by atoms with Gasteiger partial charge in [0.1, 0.15) is 0 Å². The van der Waals surface area contributed by atoms with E-state index < -0.39 is 0 Å². The highest BCUT2D eigenvalue weighted by molar-refractivity contribution is 7.71. The van der Waals surface area contributed by atoms with Crippen molar-refractivity contribution in [2.75, 3.05) is 5.32 Å². The number of amides is 1. The maximum Gasteiger partial charge on any atom is 0.256 e. The van der Waals surface area contributed by atoms with Crippen LogP contribution in [-0.2, 0) is 13.5 Å². The number of anilines is 1. The van der Waals surface area contributed by atoms with Crippen molar-refractivity contribution < 1.29 is 4.79 Å². The summed E-state index contributed by atoms with van der Waals surface area (Å²) in [5, 5.41) is 9.96. The first-order valence-corrected chi connectivity index (χ1v) is 9.61. The number of hydrogen-bond donors (Lipinski definition) is 2. The molecule has 0 saturated heterocycles. The molecule has 0 fully saturated rings. The monoisotopic (exact) mass is 399 g/mol. The van der Waals surface area contributed by atoms with Gasteiger partial charge in [0.05, 0.1) is 11.9 Å². The van der Waals surface area contributed by atoms with Crippen LogP contribution in [0.25, 0.3) is 22.5 Å². The molecule has 5 rings (SSSR count). The van der Waals surface area contributed by atoms with Crippen LogP contribution < -0.4 is 5.32 Å². The molecule has 0 atom stereocenters. The summed E-state index contributed by atoms with van der Waals surface area (Å²) < 4.78 is 2.29. The first-order valence-electron chi connectivity index (χ1n) is 9.20. The first kappa shape index (κ1) is 17.5. The van der Waals surface area contributed by atoms with Crippen molar-refractivity contribution in [3.05, 3.63) is 82.4 Å². The fraction of sp³-hybridized carbons (Fsp3) is 0.0909.